The van der Waals surface area contributed by atoms with Crippen molar-refractivity contribution in [1.29, 1.82) is 0 Å². The molecule has 4 rings (SSSR count). The summed E-state index contributed by atoms with van der Waals surface area (Å²) < 4.78 is 18.5. The van der Waals surface area contributed by atoms with Crippen LogP contribution in [0.1, 0.15) is 25.1 Å². The third kappa shape index (κ3) is 2.71. The molecule has 0 amide bonds. The lowest BCUT2D eigenvalue weighted by Gasteiger charge is -2.15. The van der Waals surface area contributed by atoms with Gasteiger partial charge in [0, 0.05) is 9.77 Å². The van der Waals surface area contributed by atoms with E-state index in [1.54, 1.807) is 24.4 Å². The molecule has 0 fully saturated rings. The molecule has 0 saturated heterocycles. The zero-order valence-electron chi connectivity index (χ0n) is 13.8. The number of nitrogens with two attached hydrogens (primary N) is 1. The Balaban J connectivity index is 1.80. The van der Waals surface area contributed by atoms with Gasteiger partial charge in [-0.1, -0.05) is 24.3 Å². The quantitative estimate of drug-likeness (QED) is 0.470. The van der Waals surface area contributed by atoms with Crippen LogP contribution < -0.4 is 5.73 Å². The molecule has 3 aromatic heterocycles. The van der Waals surface area contributed by atoms with Crippen LogP contribution in [0.15, 0.2) is 43.0 Å². The molecule has 2 N–H and O–H groups in total. The minimum absolute atomic E-state index is 0.101. The largest absolute Gasteiger partial charge is 0.383 e. The lowest BCUT2D eigenvalue weighted by atomic mass is 10.1. The van der Waals surface area contributed by atoms with Crippen molar-refractivity contribution in [3.8, 4) is 5.69 Å². The predicted molar refractivity (Wildman–Crippen MR) is 104 cm³/mol. The fourth-order valence-electron chi connectivity index (χ4n) is 3.03. The summed E-state index contributed by atoms with van der Waals surface area (Å²) in [6.07, 6.45) is 5.94. The Hall–Kier alpha value is -2.56. The molecule has 0 aliphatic rings. The summed E-state index contributed by atoms with van der Waals surface area (Å²) in [5, 5.41) is 9.20. The van der Waals surface area contributed by atoms with Gasteiger partial charge in [0.25, 0.3) is 0 Å². The van der Waals surface area contributed by atoms with Crippen LogP contribution in [-0.2, 0) is 0 Å². The second-order valence-corrected chi connectivity index (χ2v) is 6.97. The van der Waals surface area contributed by atoms with Gasteiger partial charge in [0.15, 0.2) is 0 Å². The van der Waals surface area contributed by atoms with Crippen molar-refractivity contribution in [2.24, 2.45) is 0 Å². The van der Waals surface area contributed by atoms with E-state index in [2.05, 4.69) is 49.8 Å². The van der Waals surface area contributed by atoms with Crippen LogP contribution in [0.4, 0.5) is 10.2 Å². The van der Waals surface area contributed by atoms with Crippen molar-refractivity contribution in [2.45, 2.75) is 19.4 Å². The van der Waals surface area contributed by atoms with Gasteiger partial charge in [-0.2, -0.15) is 0 Å². The van der Waals surface area contributed by atoms with E-state index in [0.29, 0.717) is 11.5 Å². The lowest BCUT2D eigenvalue weighted by molar-refractivity contribution is 0.563. The van der Waals surface area contributed by atoms with Gasteiger partial charge in [-0.05, 0) is 41.1 Å². The van der Waals surface area contributed by atoms with Crippen LogP contribution in [0.3, 0.4) is 0 Å². The molecule has 1 aromatic carbocycles. The van der Waals surface area contributed by atoms with E-state index in [1.807, 2.05) is 10.8 Å². The van der Waals surface area contributed by atoms with E-state index in [9.17, 15) is 4.39 Å². The van der Waals surface area contributed by atoms with E-state index < -0.39 is 0 Å². The fraction of sp³-hybridized carbons (Fsp3) is 0.176. The molecule has 7 nitrogen and oxygen atoms in total. The number of nitrogen functional groups attached to an aromatic ring is 1. The lowest BCUT2D eigenvalue weighted by Crippen LogP contribution is -2.10. The summed E-state index contributed by atoms with van der Waals surface area (Å²) in [6.45, 7) is 2.05. The highest BCUT2D eigenvalue weighted by Gasteiger charge is 2.21. The molecule has 0 aliphatic carbocycles. The van der Waals surface area contributed by atoms with Crippen molar-refractivity contribution in [2.75, 3.05) is 5.73 Å². The number of anilines is 1. The van der Waals surface area contributed by atoms with Crippen LogP contribution in [0.2, 0.25) is 0 Å². The second-order valence-electron chi connectivity index (χ2n) is 5.81. The van der Waals surface area contributed by atoms with Crippen LogP contribution in [0, 0.1) is 9.39 Å². The zero-order valence-corrected chi connectivity index (χ0v) is 16.0. The Kier molecular flexibility index (Phi) is 4.31. The summed E-state index contributed by atoms with van der Waals surface area (Å²) in [5.41, 5.74) is 7.83. The smallest absolute Gasteiger partial charge is 0.148 e. The summed E-state index contributed by atoms with van der Waals surface area (Å²) in [4.78, 5) is 8.46. The van der Waals surface area contributed by atoms with Crippen molar-refractivity contribution >= 4 is 39.4 Å². The van der Waals surface area contributed by atoms with Gasteiger partial charge in [-0.3, -0.25) is 0 Å². The maximum atomic E-state index is 14.0. The first-order valence-corrected chi connectivity index (χ1v) is 9.11. The highest BCUT2D eigenvalue weighted by Crippen LogP contribution is 2.31. The van der Waals surface area contributed by atoms with Crippen LogP contribution >= 0.6 is 22.6 Å². The zero-order chi connectivity index (χ0) is 18.3. The average molecular weight is 463 g/mol. The Morgan fingerprint density at radius 3 is 2.81 bits per heavy atom. The van der Waals surface area contributed by atoms with E-state index in [4.69, 9.17) is 5.73 Å². The molecule has 0 radical (unpaired) electrons. The number of rotatable bonds is 4. The molecular weight excluding hydrogens is 448 g/mol. The third-order valence-electron chi connectivity index (χ3n) is 4.27. The van der Waals surface area contributed by atoms with Gasteiger partial charge in [0.2, 0.25) is 0 Å². The van der Waals surface area contributed by atoms with Crippen molar-refractivity contribution in [3.63, 3.8) is 0 Å². The monoisotopic (exact) mass is 463 g/mol. The first-order valence-electron chi connectivity index (χ1n) is 8.03. The fourth-order valence-corrected chi connectivity index (χ4v) is 3.85. The SMILES string of the molecule is CCC(c1cn(-c2ccccc2F)nn1)n1cc(I)c2c(N)ncnc21. The molecular formula is C17H15FIN7. The number of fused-ring (bicyclic) bond motifs is 1. The summed E-state index contributed by atoms with van der Waals surface area (Å²) in [6, 6.07) is 6.37. The van der Waals surface area contributed by atoms with Crippen LogP contribution in [-0.4, -0.2) is 29.5 Å². The Bertz CT molecular complexity index is 1090. The van der Waals surface area contributed by atoms with Gasteiger partial charge in [-0.25, -0.2) is 19.0 Å². The number of halogens is 2. The molecule has 26 heavy (non-hydrogen) atoms. The highest BCUT2D eigenvalue weighted by molar-refractivity contribution is 14.1. The van der Waals surface area contributed by atoms with E-state index >= 15 is 0 Å². The number of hydrogen-bond acceptors (Lipinski definition) is 5. The number of nitrogens with zero attached hydrogens (tertiary/aromatic N) is 6. The summed E-state index contributed by atoms with van der Waals surface area (Å²) >= 11 is 2.22. The molecule has 1 unspecified atom stereocenters. The van der Waals surface area contributed by atoms with Crippen molar-refractivity contribution in [1.82, 2.24) is 29.5 Å². The molecule has 0 bridgehead atoms. The Labute approximate surface area is 162 Å². The Morgan fingerprint density at radius 1 is 1.23 bits per heavy atom. The standard InChI is InChI=1S/C17H15FIN7/c1-2-13(25-7-11(19)15-16(20)21-9-22-17(15)25)12-8-26(24-23-12)14-6-4-3-5-10(14)18/h3-9,13H,2H2,1H3,(H2,20,21,22). The topological polar surface area (TPSA) is 87.4 Å². The summed E-state index contributed by atoms with van der Waals surface area (Å²) in [5.74, 6) is 0.0986. The molecule has 3 heterocycles. The Morgan fingerprint density at radius 2 is 2.04 bits per heavy atom. The van der Waals surface area contributed by atoms with Gasteiger partial charge < -0.3 is 10.3 Å². The molecule has 4 aromatic rings. The summed E-state index contributed by atoms with van der Waals surface area (Å²) in [7, 11) is 0. The first kappa shape index (κ1) is 16.9. The maximum Gasteiger partial charge on any atom is 0.148 e. The maximum absolute atomic E-state index is 14.0. The van der Waals surface area contributed by atoms with Crippen molar-refractivity contribution in [3.05, 3.63) is 58.1 Å². The number of aromatic nitrogens is 6. The molecule has 0 spiro atoms. The molecule has 1 atom stereocenters. The van der Waals surface area contributed by atoms with E-state index in [-0.39, 0.29) is 11.9 Å². The van der Waals surface area contributed by atoms with Crippen LogP contribution in [0.25, 0.3) is 16.7 Å². The second kappa shape index (κ2) is 6.63. The molecule has 0 saturated carbocycles. The predicted octanol–water partition coefficient (Wildman–Crippen LogP) is 3.34. The van der Waals surface area contributed by atoms with Crippen LogP contribution in [0.5, 0.6) is 0 Å². The molecule has 0 aliphatic heterocycles. The number of benzene rings is 1. The normalized spacial score (nSPS) is 12.6. The van der Waals surface area contributed by atoms with Gasteiger partial charge in [0.05, 0.1) is 17.6 Å². The first-order chi connectivity index (χ1) is 12.6. The average Bonchev–Trinajstić information content (AvgIpc) is 3.23. The molecule has 9 heteroatoms. The minimum Gasteiger partial charge on any atom is -0.383 e. The van der Waals surface area contributed by atoms with Gasteiger partial charge >= 0.3 is 0 Å². The highest BCUT2D eigenvalue weighted by atomic mass is 127. The minimum atomic E-state index is -0.349. The van der Waals surface area contributed by atoms with E-state index in [0.717, 1.165) is 26.7 Å². The number of para-hydroxylation sites is 1. The third-order valence-corrected chi connectivity index (χ3v) is 5.08. The van der Waals surface area contributed by atoms with Gasteiger partial charge in [-0.15, -0.1) is 5.10 Å². The van der Waals surface area contributed by atoms with Crippen molar-refractivity contribution < 1.29 is 4.39 Å². The number of hydrogen-bond donors (Lipinski definition) is 1. The van der Waals surface area contributed by atoms with Gasteiger partial charge in [0.1, 0.15) is 35.0 Å². The van der Waals surface area contributed by atoms with E-state index in [1.165, 1.54) is 17.1 Å². The molecule has 132 valence electrons.